The van der Waals surface area contributed by atoms with Crippen LogP contribution in [-0.2, 0) is 0 Å². The minimum absolute atomic E-state index is 0.0727. The Bertz CT molecular complexity index is 808. The number of carboxylic acids is 1. The first kappa shape index (κ1) is 12.9. The molecule has 0 saturated heterocycles. The summed E-state index contributed by atoms with van der Waals surface area (Å²) in [6.45, 7) is 0. The Hall–Kier alpha value is -3.09. The van der Waals surface area contributed by atoms with Gasteiger partial charge in [-0.25, -0.2) is 9.78 Å². The van der Waals surface area contributed by atoms with Crippen molar-refractivity contribution in [2.45, 2.75) is 0 Å². The van der Waals surface area contributed by atoms with Gasteiger partial charge in [0.05, 0.1) is 24.3 Å². The van der Waals surface area contributed by atoms with Crippen molar-refractivity contribution in [1.82, 2.24) is 15.0 Å². The van der Waals surface area contributed by atoms with E-state index in [-0.39, 0.29) is 11.3 Å². The minimum Gasteiger partial charge on any atom is -0.504 e. The van der Waals surface area contributed by atoms with Crippen molar-refractivity contribution in [3.8, 4) is 22.9 Å². The molecule has 106 valence electrons. The topological polar surface area (TPSA) is 108 Å². The lowest BCUT2D eigenvalue weighted by Crippen LogP contribution is -1.99. The van der Waals surface area contributed by atoms with Crippen molar-refractivity contribution in [3.05, 3.63) is 36.2 Å². The van der Waals surface area contributed by atoms with E-state index in [1.165, 1.54) is 19.2 Å². The zero-order chi connectivity index (χ0) is 15.0. The van der Waals surface area contributed by atoms with E-state index in [2.05, 4.69) is 15.0 Å². The fourth-order valence-corrected chi connectivity index (χ4v) is 2.06. The number of imidazole rings is 1. The number of aromatic nitrogens is 3. The number of benzene rings is 1. The molecular formula is C14H11N3O4. The second-order valence-electron chi connectivity index (χ2n) is 4.36. The largest absolute Gasteiger partial charge is 0.504 e. The molecular weight excluding hydrogens is 274 g/mol. The Balaban J connectivity index is 2.21. The van der Waals surface area contributed by atoms with Crippen LogP contribution in [0.15, 0.2) is 30.6 Å². The average Bonchev–Trinajstić information content (AvgIpc) is 2.91. The van der Waals surface area contributed by atoms with E-state index in [9.17, 15) is 9.90 Å². The van der Waals surface area contributed by atoms with Gasteiger partial charge in [-0.1, -0.05) is 0 Å². The summed E-state index contributed by atoms with van der Waals surface area (Å²) in [6, 6.07) is 4.60. The smallest absolute Gasteiger partial charge is 0.339 e. The van der Waals surface area contributed by atoms with E-state index in [1.54, 1.807) is 18.5 Å². The molecule has 2 heterocycles. The quantitative estimate of drug-likeness (QED) is 0.679. The van der Waals surface area contributed by atoms with Crippen LogP contribution in [0, 0.1) is 0 Å². The van der Waals surface area contributed by atoms with Gasteiger partial charge in [-0.2, -0.15) is 0 Å². The highest BCUT2D eigenvalue weighted by molar-refractivity contribution is 5.94. The van der Waals surface area contributed by atoms with Crippen molar-refractivity contribution in [2.24, 2.45) is 0 Å². The maximum Gasteiger partial charge on any atom is 0.339 e. The van der Waals surface area contributed by atoms with Crippen LogP contribution in [0.4, 0.5) is 0 Å². The number of nitrogens with one attached hydrogen (secondary N) is 1. The fourth-order valence-electron chi connectivity index (χ4n) is 2.06. The summed E-state index contributed by atoms with van der Waals surface area (Å²) in [6.07, 6.45) is 3.24. The van der Waals surface area contributed by atoms with Crippen LogP contribution < -0.4 is 4.74 Å². The molecule has 3 rings (SSSR count). The Kier molecular flexibility index (Phi) is 2.94. The highest BCUT2D eigenvalue weighted by Crippen LogP contribution is 2.35. The predicted octanol–water partition coefficient (Wildman–Crippen LogP) is 2.04. The van der Waals surface area contributed by atoms with Crippen LogP contribution in [0.2, 0.25) is 0 Å². The molecule has 0 spiro atoms. The first-order valence-corrected chi connectivity index (χ1v) is 6.04. The molecule has 0 saturated carbocycles. The number of ether oxygens (including phenoxy) is 1. The maximum atomic E-state index is 11.2. The van der Waals surface area contributed by atoms with Gasteiger partial charge in [0.1, 0.15) is 11.4 Å². The zero-order valence-electron chi connectivity index (χ0n) is 11.0. The number of pyridine rings is 1. The van der Waals surface area contributed by atoms with E-state index < -0.39 is 11.7 Å². The van der Waals surface area contributed by atoms with Crippen molar-refractivity contribution >= 4 is 17.0 Å². The first-order valence-electron chi connectivity index (χ1n) is 6.04. The number of fused-ring (bicyclic) bond motifs is 1. The first-order chi connectivity index (χ1) is 10.1. The highest BCUT2D eigenvalue weighted by Gasteiger charge is 2.18. The molecule has 0 aliphatic carbocycles. The fraction of sp³-hybridized carbons (Fsp3) is 0.0714. The van der Waals surface area contributed by atoms with Gasteiger partial charge in [-0.15, -0.1) is 0 Å². The molecule has 0 amide bonds. The van der Waals surface area contributed by atoms with Gasteiger partial charge < -0.3 is 19.9 Å². The van der Waals surface area contributed by atoms with Crippen LogP contribution in [0.5, 0.6) is 11.5 Å². The number of nitrogens with zero attached hydrogens (tertiary/aromatic N) is 2. The molecule has 3 aromatic rings. The molecule has 1 aromatic carbocycles. The molecule has 3 N–H and O–H groups in total. The summed E-state index contributed by atoms with van der Waals surface area (Å²) < 4.78 is 5.00. The number of carboxylic acid groups (broad SMARTS) is 1. The number of rotatable bonds is 3. The summed E-state index contributed by atoms with van der Waals surface area (Å²) in [5.74, 6) is -1.11. The number of methoxy groups -OCH3 is 1. The third kappa shape index (κ3) is 2.14. The Labute approximate surface area is 118 Å². The predicted molar refractivity (Wildman–Crippen MR) is 74.5 cm³/mol. The monoisotopic (exact) mass is 285 g/mol. The Morgan fingerprint density at radius 3 is 2.86 bits per heavy atom. The summed E-state index contributed by atoms with van der Waals surface area (Å²) in [7, 11) is 1.35. The number of aromatic hydroxyl groups is 1. The molecule has 7 heteroatoms. The highest BCUT2D eigenvalue weighted by atomic mass is 16.5. The third-order valence-corrected chi connectivity index (χ3v) is 3.08. The molecule has 21 heavy (non-hydrogen) atoms. The summed E-state index contributed by atoms with van der Waals surface area (Å²) in [5.41, 5.74) is 1.70. The molecule has 0 unspecified atom stereocenters. The molecule has 0 fully saturated rings. The van der Waals surface area contributed by atoms with E-state index in [0.717, 1.165) is 5.52 Å². The minimum atomic E-state index is -1.24. The number of hydrogen-bond acceptors (Lipinski definition) is 5. The van der Waals surface area contributed by atoms with Gasteiger partial charge in [0.15, 0.2) is 11.5 Å². The van der Waals surface area contributed by atoms with E-state index in [1.807, 2.05) is 0 Å². The average molecular weight is 285 g/mol. The number of carbonyl (C=O) groups is 1. The van der Waals surface area contributed by atoms with Crippen LogP contribution in [0.1, 0.15) is 10.4 Å². The van der Waals surface area contributed by atoms with Crippen molar-refractivity contribution in [2.75, 3.05) is 7.11 Å². The molecule has 7 nitrogen and oxygen atoms in total. The Morgan fingerprint density at radius 1 is 1.38 bits per heavy atom. The van der Waals surface area contributed by atoms with Crippen molar-refractivity contribution < 1.29 is 19.7 Å². The summed E-state index contributed by atoms with van der Waals surface area (Å²) in [5, 5.41) is 19.0. The van der Waals surface area contributed by atoms with Crippen LogP contribution in [-0.4, -0.2) is 38.2 Å². The van der Waals surface area contributed by atoms with Gasteiger partial charge >= 0.3 is 5.97 Å². The summed E-state index contributed by atoms with van der Waals surface area (Å²) >= 11 is 0. The van der Waals surface area contributed by atoms with Crippen LogP contribution >= 0.6 is 0 Å². The van der Waals surface area contributed by atoms with E-state index in [0.29, 0.717) is 16.9 Å². The molecule has 0 radical (unpaired) electrons. The normalized spacial score (nSPS) is 10.7. The third-order valence-electron chi connectivity index (χ3n) is 3.08. The van der Waals surface area contributed by atoms with Crippen molar-refractivity contribution in [3.63, 3.8) is 0 Å². The second-order valence-corrected chi connectivity index (χ2v) is 4.36. The number of aromatic amines is 1. The van der Waals surface area contributed by atoms with Gasteiger partial charge in [0, 0.05) is 11.8 Å². The lowest BCUT2D eigenvalue weighted by molar-refractivity contribution is 0.0693. The van der Waals surface area contributed by atoms with Gasteiger partial charge in [-0.05, 0) is 18.2 Å². The van der Waals surface area contributed by atoms with E-state index >= 15 is 0 Å². The summed E-state index contributed by atoms with van der Waals surface area (Å²) in [4.78, 5) is 22.6. The molecule has 0 aliphatic rings. The van der Waals surface area contributed by atoms with Gasteiger partial charge in [0.25, 0.3) is 0 Å². The Morgan fingerprint density at radius 2 is 2.19 bits per heavy atom. The van der Waals surface area contributed by atoms with E-state index in [4.69, 9.17) is 9.84 Å². The second kappa shape index (κ2) is 4.78. The van der Waals surface area contributed by atoms with Gasteiger partial charge in [-0.3, -0.25) is 4.98 Å². The molecule has 0 aliphatic heterocycles. The van der Waals surface area contributed by atoms with Crippen LogP contribution in [0.3, 0.4) is 0 Å². The number of phenols is 1. The lowest BCUT2D eigenvalue weighted by atomic mass is 10.1. The number of H-pyrrole nitrogens is 1. The van der Waals surface area contributed by atoms with Gasteiger partial charge in [0.2, 0.25) is 0 Å². The number of hydrogen-bond donors (Lipinski definition) is 3. The van der Waals surface area contributed by atoms with Crippen LogP contribution in [0.25, 0.3) is 22.4 Å². The standard InChI is InChI=1S/C14H11N3O4/c1-21-11-5-7(4-8(12(11)18)14(19)20)13-16-9-2-3-15-6-10(9)17-13/h2-6,18H,1H3,(H,16,17)(H,19,20). The zero-order valence-corrected chi connectivity index (χ0v) is 11.0. The van der Waals surface area contributed by atoms with Crippen molar-refractivity contribution in [1.29, 1.82) is 0 Å². The molecule has 0 atom stereocenters. The SMILES string of the molecule is COc1cc(-c2nc3ccncc3[nH]2)cc(C(=O)O)c1O. The molecule has 2 aromatic heterocycles. The number of aromatic carboxylic acids is 1. The molecule has 0 bridgehead atoms. The maximum absolute atomic E-state index is 11.2. The lowest BCUT2D eigenvalue weighted by Gasteiger charge is -2.08.